The molecule has 0 saturated carbocycles. The summed E-state index contributed by atoms with van der Waals surface area (Å²) in [4.78, 5) is 2.26. The number of hydrogen-bond acceptors (Lipinski definition) is 1. The Morgan fingerprint density at radius 1 is 1.18 bits per heavy atom. The van der Waals surface area contributed by atoms with Crippen LogP contribution in [0.5, 0.6) is 0 Å². The molecule has 0 rings (SSSR count). The quantitative estimate of drug-likeness (QED) is 0.574. The SMILES string of the molecule is C=C(C(C)C)C(C)N(C)C(=C)CC/C(C)=C/C. The van der Waals surface area contributed by atoms with Crippen molar-refractivity contribution in [3.63, 3.8) is 0 Å². The lowest BCUT2D eigenvalue weighted by molar-refractivity contribution is 0.334. The molecule has 1 unspecified atom stereocenters. The molecular weight excluding hydrogens is 206 g/mol. The van der Waals surface area contributed by atoms with Crippen molar-refractivity contribution in [1.82, 2.24) is 4.90 Å². The van der Waals surface area contributed by atoms with E-state index in [1.54, 1.807) is 0 Å². The molecule has 0 aliphatic rings. The van der Waals surface area contributed by atoms with Crippen LogP contribution in [0.15, 0.2) is 36.1 Å². The highest BCUT2D eigenvalue weighted by molar-refractivity contribution is 5.12. The maximum atomic E-state index is 4.18. The molecule has 0 aromatic heterocycles. The van der Waals surface area contributed by atoms with Crippen LogP contribution in [-0.2, 0) is 0 Å². The van der Waals surface area contributed by atoms with E-state index >= 15 is 0 Å². The Labute approximate surface area is 108 Å². The van der Waals surface area contributed by atoms with E-state index in [0.29, 0.717) is 12.0 Å². The molecule has 98 valence electrons. The van der Waals surface area contributed by atoms with Crippen molar-refractivity contribution in [2.24, 2.45) is 5.92 Å². The van der Waals surface area contributed by atoms with Crippen LogP contribution in [0.2, 0.25) is 0 Å². The summed E-state index contributed by atoms with van der Waals surface area (Å²) in [6.45, 7) is 19.2. The van der Waals surface area contributed by atoms with Crippen LogP contribution >= 0.6 is 0 Å². The zero-order chi connectivity index (χ0) is 13.6. The Bertz CT molecular complexity index is 297. The lowest BCUT2D eigenvalue weighted by atomic mass is 9.97. The van der Waals surface area contributed by atoms with Gasteiger partial charge in [-0.2, -0.15) is 0 Å². The molecule has 0 saturated heterocycles. The van der Waals surface area contributed by atoms with Crippen molar-refractivity contribution >= 4 is 0 Å². The Morgan fingerprint density at radius 2 is 1.71 bits per heavy atom. The van der Waals surface area contributed by atoms with Crippen molar-refractivity contribution in [3.8, 4) is 0 Å². The van der Waals surface area contributed by atoms with Gasteiger partial charge in [0.2, 0.25) is 0 Å². The molecular formula is C16H29N. The van der Waals surface area contributed by atoms with Gasteiger partial charge in [-0.15, -0.1) is 0 Å². The van der Waals surface area contributed by atoms with Crippen molar-refractivity contribution < 1.29 is 0 Å². The third kappa shape index (κ3) is 5.25. The summed E-state index contributed by atoms with van der Waals surface area (Å²) < 4.78 is 0. The van der Waals surface area contributed by atoms with Crippen molar-refractivity contribution in [1.29, 1.82) is 0 Å². The molecule has 1 heteroatoms. The van der Waals surface area contributed by atoms with Gasteiger partial charge in [0.1, 0.15) is 0 Å². The number of hydrogen-bond donors (Lipinski definition) is 0. The van der Waals surface area contributed by atoms with Gasteiger partial charge in [0.25, 0.3) is 0 Å². The molecule has 0 amide bonds. The standard InChI is InChI=1S/C16H29N/c1-9-13(4)10-11-14(5)17(8)16(7)15(6)12(2)3/h9,12,16H,5-6,10-11H2,1-4,7-8H3/b13-9+. The minimum Gasteiger partial charge on any atom is -0.372 e. The number of nitrogens with zero attached hydrogens (tertiary/aromatic N) is 1. The van der Waals surface area contributed by atoms with Gasteiger partial charge in [-0.05, 0) is 39.5 Å². The second-order valence-corrected chi connectivity index (χ2v) is 5.22. The second-order valence-electron chi connectivity index (χ2n) is 5.22. The van der Waals surface area contributed by atoms with Gasteiger partial charge in [0.05, 0.1) is 0 Å². The fourth-order valence-electron chi connectivity index (χ4n) is 1.67. The van der Waals surface area contributed by atoms with Gasteiger partial charge in [-0.1, -0.05) is 44.2 Å². The van der Waals surface area contributed by atoms with E-state index in [-0.39, 0.29) is 0 Å². The lowest BCUT2D eigenvalue weighted by Crippen LogP contribution is -2.31. The zero-order valence-electron chi connectivity index (χ0n) is 12.5. The van der Waals surface area contributed by atoms with Crippen molar-refractivity contribution in [2.45, 2.75) is 53.5 Å². The van der Waals surface area contributed by atoms with E-state index < -0.39 is 0 Å². The van der Waals surface area contributed by atoms with Crippen LogP contribution in [-0.4, -0.2) is 18.0 Å². The van der Waals surface area contributed by atoms with Crippen molar-refractivity contribution in [2.75, 3.05) is 7.05 Å². The Morgan fingerprint density at radius 3 is 2.12 bits per heavy atom. The molecule has 0 aliphatic carbocycles. The first kappa shape index (κ1) is 16.0. The molecule has 0 heterocycles. The minimum absolute atomic E-state index is 0.369. The molecule has 0 bridgehead atoms. The van der Waals surface area contributed by atoms with Crippen LogP contribution in [0.4, 0.5) is 0 Å². The summed E-state index contributed by atoms with van der Waals surface area (Å²) in [6, 6.07) is 0.369. The van der Waals surface area contributed by atoms with Crippen molar-refractivity contribution in [3.05, 3.63) is 36.1 Å². The first-order valence-electron chi connectivity index (χ1n) is 6.52. The molecule has 0 aliphatic heterocycles. The van der Waals surface area contributed by atoms with E-state index in [4.69, 9.17) is 0 Å². The van der Waals surface area contributed by atoms with Crippen LogP contribution in [0.3, 0.4) is 0 Å². The van der Waals surface area contributed by atoms with Gasteiger partial charge in [-0.25, -0.2) is 0 Å². The summed E-state index contributed by atoms with van der Waals surface area (Å²) in [5.74, 6) is 0.525. The van der Waals surface area contributed by atoms with Gasteiger partial charge in [0.15, 0.2) is 0 Å². The highest BCUT2D eigenvalue weighted by Crippen LogP contribution is 2.21. The molecule has 0 spiro atoms. The molecule has 0 N–H and O–H groups in total. The van der Waals surface area contributed by atoms with E-state index in [1.165, 1.54) is 16.8 Å². The van der Waals surface area contributed by atoms with E-state index in [0.717, 1.165) is 12.8 Å². The Kier molecular flexibility index (Phi) is 6.94. The summed E-state index contributed by atoms with van der Waals surface area (Å²) in [5.41, 5.74) is 3.90. The summed E-state index contributed by atoms with van der Waals surface area (Å²) in [5, 5.41) is 0. The number of likely N-dealkylation sites (N-methyl/N-ethyl adjacent to an activating group) is 1. The largest absolute Gasteiger partial charge is 0.372 e. The normalized spacial score (nSPS) is 13.7. The van der Waals surface area contributed by atoms with Crippen LogP contribution in [0.25, 0.3) is 0 Å². The third-order valence-corrected chi connectivity index (χ3v) is 3.66. The average Bonchev–Trinajstić information content (AvgIpc) is 2.32. The highest BCUT2D eigenvalue weighted by atomic mass is 15.1. The first-order valence-corrected chi connectivity index (χ1v) is 6.52. The van der Waals surface area contributed by atoms with Crippen LogP contribution in [0.1, 0.15) is 47.5 Å². The van der Waals surface area contributed by atoms with Gasteiger partial charge >= 0.3 is 0 Å². The first-order chi connectivity index (χ1) is 7.81. The summed E-state index contributed by atoms with van der Waals surface area (Å²) >= 11 is 0. The molecule has 0 fully saturated rings. The summed E-state index contributed by atoms with van der Waals surface area (Å²) in [7, 11) is 2.12. The van der Waals surface area contributed by atoms with E-state index in [2.05, 4.69) is 65.8 Å². The highest BCUT2D eigenvalue weighted by Gasteiger charge is 2.16. The molecule has 0 aromatic rings. The predicted molar refractivity (Wildman–Crippen MR) is 79.0 cm³/mol. The number of rotatable bonds is 7. The minimum atomic E-state index is 0.369. The second kappa shape index (κ2) is 7.37. The van der Waals surface area contributed by atoms with E-state index in [9.17, 15) is 0 Å². The maximum absolute atomic E-state index is 4.18. The van der Waals surface area contributed by atoms with E-state index in [1.807, 2.05) is 0 Å². The summed E-state index contributed by atoms with van der Waals surface area (Å²) in [6.07, 6.45) is 4.30. The fraction of sp³-hybridized carbons (Fsp3) is 0.625. The number of allylic oxidation sites excluding steroid dienone is 3. The van der Waals surface area contributed by atoms with Gasteiger partial charge < -0.3 is 4.90 Å². The monoisotopic (exact) mass is 235 g/mol. The Hall–Kier alpha value is -0.980. The molecule has 1 nitrogen and oxygen atoms in total. The molecule has 17 heavy (non-hydrogen) atoms. The topological polar surface area (TPSA) is 3.24 Å². The average molecular weight is 235 g/mol. The lowest BCUT2D eigenvalue weighted by Gasteiger charge is -2.32. The smallest absolute Gasteiger partial charge is 0.0467 e. The maximum Gasteiger partial charge on any atom is 0.0467 e. The Balaban J connectivity index is 4.35. The van der Waals surface area contributed by atoms with Gasteiger partial charge in [0, 0.05) is 18.8 Å². The molecule has 1 atom stereocenters. The van der Waals surface area contributed by atoms with Crippen LogP contribution < -0.4 is 0 Å². The van der Waals surface area contributed by atoms with Gasteiger partial charge in [-0.3, -0.25) is 0 Å². The van der Waals surface area contributed by atoms with Crippen LogP contribution in [0, 0.1) is 5.92 Å². The zero-order valence-corrected chi connectivity index (χ0v) is 12.5. The molecule has 0 radical (unpaired) electrons. The predicted octanol–water partition coefficient (Wildman–Crippen LogP) is 4.78. The third-order valence-electron chi connectivity index (χ3n) is 3.66. The molecule has 0 aromatic carbocycles. The fourth-order valence-corrected chi connectivity index (χ4v) is 1.67.